The van der Waals surface area contributed by atoms with Crippen molar-refractivity contribution in [1.82, 2.24) is 10.2 Å². The van der Waals surface area contributed by atoms with E-state index in [1.54, 1.807) is 38.1 Å². The van der Waals surface area contributed by atoms with E-state index in [1.807, 2.05) is 0 Å². The number of hydrogen-bond acceptors (Lipinski definition) is 4. The Balaban J connectivity index is 1.93. The zero-order valence-corrected chi connectivity index (χ0v) is 12.1. The van der Waals surface area contributed by atoms with Gasteiger partial charge in [0.05, 0.1) is 11.1 Å². The number of benzene rings is 1. The third-order valence-corrected chi connectivity index (χ3v) is 3.72. The van der Waals surface area contributed by atoms with Crippen molar-refractivity contribution in [2.24, 2.45) is 11.7 Å². The van der Waals surface area contributed by atoms with E-state index in [0.717, 1.165) is 4.90 Å². The molecule has 1 aliphatic heterocycles. The van der Waals surface area contributed by atoms with Crippen LogP contribution in [-0.4, -0.2) is 41.8 Å². The smallest absolute Gasteiger partial charge is 0.261 e. The number of nitrogens with zero attached hydrogens (tertiary/aromatic N) is 1. The van der Waals surface area contributed by atoms with Crippen LogP contribution in [-0.2, 0) is 4.79 Å². The molecule has 1 heterocycles. The molecule has 0 saturated heterocycles. The Bertz CT molecular complexity index is 548. The van der Waals surface area contributed by atoms with E-state index in [0.29, 0.717) is 11.1 Å². The van der Waals surface area contributed by atoms with Crippen molar-refractivity contribution in [2.75, 3.05) is 13.1 Å². The normalized spacial score (nSPS) is 16.6. The van der Waals surface area contributed by atoms with Gasteiger partial charge in [-0.15, -0.1) is 0 Å². The predicted molar refractivity (Wildman–Crippen MR) is 77.6 cm³/mol. The topological polar surface area (TPSA) is 92.5 Å². The summed E-state index contributed by atoms with van der Waals surface area (Å²) in [6.45, 7) is 3.88. The molecule has 1 aromatic carbocycles. The van der Waals surface area contributed by atoms with Crippen LogP contribution in [0.4, 0.5) is 0 Å². The quantitative estimate of drug-likeness (QED) is 0.767. The number of rotatable bonds is 5. The molecule has 3 amide bonds. The second-order valence-electron chi connectivity index (χ2n) is 5.25. The van der Waals surface area contributed by atoms with Crippen molar-refractivity contribution in [3.8, 4) is 0 Å². The second-order valence-corrected chi connectivity index (χ2v) is 5.25. The van der Waals surface area contributed by atoms with Gasteiger partial charge in [0.15, 0.2) is 0 Å². The number of imide groups is 1. The van der Waals surface area contributed by atoms with Gasteiger partial charge in [0.25, 0.3) is 11.8 Å². The molecular weight excluding hydrogens is 270 g/mol. The van der Waals surface area contributed by atoms with Gasteiger partial charge < -0.3 is 11.1 Å². The van der Waals surface area contributed by atoms with Crippen LogP contribution in [0.2, 0.25) is 0 Å². The lowest BCUT2D eigenvalue weighted by Crippen LogP contribution is -2.42. The standard InChI is InChI=1S/C15H19N3O3/c1-9(10(2)16)13(19)17-7-8-18-14(20)11-5-3-4-6-12(11)15(18)21/h3-6,9-10H,7-8,16H2,1-2H3,(H,17,19). The summed E-state index contributed by atoms with van der Waals surface area (Å²) in [7, 11) is 0. The molecule has 0 spiro atoms. The Labute approximate surface area is 123 Å². The summed E-state index contributed by atoms with van der Waals surface area (Å²) in [6, 6.07) is 6.46. The number of carbonyl (C=O) groups excluding carboxylic acids is 3. The number of nitrogens with one attached hydrogen (secondary N) is 1. The molecule has 21 heavy (non-hydrogen) atoms. The molecule has 0 saturated carbocycles. The van der Waals surface area contributed by atoms with Gasteiger partial charge in [0, 0.05) is 25.0 Å². The number of carbonyl (C=O) groups is 3. The van der Waals surface area contributed by atoms with E-state index in [-0.39, 0.29) is 42.8 Å². The van der Waals surface area contributed by atoms with Crippen molar-refractivity contribution in [3.63, 3.8) is 0 Å². The van der Waals surface area contributed by atoms with Gasteiger partial charge in [-0.1, -0.05) is 19.1 Å². The minimum Gasteiger partial charge on any atom is -0.354 e. The Kier molecular flexibility index (Phi) is 4.37. The number of fused-ring (bicyclic) bond motifs is 1. The lowest BCUT2D eigenvalue weighted by atomic mass is 10.0. The first kappa shape index (κ1) is 15.2. The second kappa shape index (κ2) is 6.05. The van der Waals surface area contributed by atoms with Crippen LogP contribution in [0.5, 0.6) is 0 Å². The van der Waals surface area contributed by atoms with Gasteiger partial charge in [0.2, 0.25) is 5.91 Å². The molecule has 2 rings (SSSR count). The molecule has 0 aliphatic carbocycles. The van der Waals surface area contributed by atoms with E-state index in [4.69, 9.17) is 5.73 Å². The van der Waals surface area contributed by atoms with Crippen molar-refractivity contribution < 1.29 is 14.4 Å². The van der Waals surface area contributed by atoms with Gasteiger partial charge in [-0.3, -0.25) is 19.3 Å². The van der Waals surface area contributed by atoms with Gasteiger partial charge in [-0.05, 0) is 19.1 Å². The molecule has 6 heteroatoms. The SMILES string of the molecule is CC(N)C(C)C(=O)NCCN1C(=O)c2ccccc2C1=O. The maximum Gasteiger partial charge on any atom is 0.261 e. The van der Waals surface area contributed by atoms with Crippen LogP contribution < -0.4 is 11.1 Å². The third-order valence-electron chi connectivity index (χ3n) is 3.72. The Hall–Kier alpha value is -2.21. The Morgan fingerprint density at radius 2 is 1.71 bits per heavy atom. The maximum atomic E-state index is 12.1. The highest BCUT2D eigenvalue weighted by atomic mass is 16.2. The summed E-state index contributed by atoms with van der Waals surface area (Å²) >= 11 is 0. The molecule has 0 bridgehead atoms. The highest BCUT2D eigenvalue weighted by Crippen LogP contribution is 2.21. The van der Waals surface area contributed by atoms with Gasteiger partial charge >= 0.3 is 0 Å². The average Bonchev–Trinajstić information content (AvgIpc) is 2.71. The largest absolute Gasteiger partial charge is 0.354 e. The van der Waals surface area contributed by atoms with E-state index in [1.165, 1.54) is 0 Å². The fraction of sp³-hybridized carbons (Fsp3) is 0.400. The minimum absolute atomic E-state index is 0.157. The van der Waals surface area contributed by atoms with E-state index >= 15 is 0 Å². The molecule has 3 N–H and O–H groups in total. The molecular formula is C15H19N3O3. The fourth-order valence-corrected chi connectivity index (χ4v) is 2.13. The minimum atomic E-state index is -0.315. The summed E-state index contributed by atoms with van der Waals surface area (Å²) < 4.78 is 0. The number of nitrogens with two attached hydrogens (primary N) is 1. The third kappa shape index (κ3) is 2.95. The summed E-state index contributed by atoms with van der Waals surface area (Å²) in [4.78, 5) is 37.1. The Morgan fingerprint density at radius 3 is 2.19 bits per heavy atom. The van der Waals surface area contributed by atoms with Gasteiger partial charge in [-0.2, -0.15) is 0 Å². The summed E-state index contributed by atoms with van der Waals surface area (Å²) in [5.41, 5.74) is 6.48. The molecule has 0 aromatic heterocycles. The van der Waals surface area contributed by atoms with Gasteiger partial charge in [-0.25, -0.2) is 0 Å². The molecule has 2 unspecified atom stereocenters. The van der Waals surface area contributed by atoms with Crippen LogP contribution in [0.15, 0.2) is 24.3 Å². The zero-order chi connectivity index (χ0) is 15.6. The predicted octanol–water partition coefficient (Wildman–Crippen LogP) is 0.382. The maximum absolute atomic E-state index is 12.1. The molecule has 1 aromatic rings. The molecule has 6 nitrogen and oxygen atoms in total. The molecule has 2 atom stereocenters. The lowest BCUT2D eigenvalue weighted by molar-refractivity contribution is -0.124. The Morgan fingerprint density at radius 1 is 1.19 bits per heavy atom. The van der Waals surface area contributed by atoms with Crippen LogP contribution >= 0.6 is 0 Å². The summed E-state index contributed by atoms with van der Waals surface area (Å²) in [5.74, 6) is -1.12. The van der Waals surface area contributed by atoms with Crippen molar-refractivity contribution in [2.45, 2.75) is 19.9 Å². The van der Waals surface area contributed by atoms with Crippen molar-refractivity contribution in [3.05, 3.63) is 35.4 Å². The lowest BCUT2D eigenvalue weighted by Gasteiger charge is -2.17. The first-order valence-corrected chi connectivity index (χ1v) is 6.92. The molecule has 1 aliphatic rings. The van der Waals surface area contributed by atoms with Crippen LogP contribution in [0.3, 0.4) is 0 Å². The van der Waals surface area contributed by atoms with Crippen molar-refractivity contribution >= 4 is 17.7 Å². The van der Waals surface area contributed by atoms with E-state index in [2.05, 4.69) is 5.32 Å². The molecule has 0 fully saturated rings. The summed E-state index contributed by atoms with van der Waals surface area (Å²) in [5, 5.41) is 2.69. The van der Waals surface area contributed by atoms with E-state index in [9.17, 15) is 14.4 Å². The van der Waals surface area contributed by atoms with Crippen molar-refractivity contribution in [1.29, 1.82) is 0 Å². The van der Waals surface area contributed by atoms with Gasteiger partial charge in [0.1, 0.15) is 0 Å². The number of amides is 3. The fourth-order valence-electron chi connectivity index (χ4n) is 2.13. The average molecular weight is 289 g/mol. The van der Waals surface area contributed by atoms with Crippen LogP contribution in [0.1, 0.15) is 34.6 Å². The highest BCUT2D eigenvalue weighted by molar-refractivity contribution is 6.21. The summed E-state index contributed by atoms with van der Waals surface area (Å²) in [6.07, 6.45) is 0. The molecule has 0 radical (unpaired) electrons. The van der Waals surface area contributed by atoms with E-state index < -0.39 is 0 Å². The monoisotopic (exact) mass is 289 g/mol. The van der Waals surface area contributed by atoms with Crippen LogP contribution in [0.25, 0.3) is 0 Å². The van der Waals surface area contributed by atoms with Crippen LogP contribution in [0, 0.1) is 5.92 Å². The zero-order valence-electron chi connectivity index (χ0n) is 12.1. The molecule has 112 valence electrons. The first-order valence-electron chi connectivity index (χ1n) is 6.92. The number of hydrogen-bond donors (Lipinski definition) is 2. The first-order chi connectivity index (χ1) is 9.93. The highest BCUT2D eigenvalue weighted by Gasteiger charge is 2.34.